The van der Waals surface area contributed by atoms with Crippen LogP contribution in [-0.2, 0) is 0 Å². The number of benzene rings is 2. The zero-order valence-electron chi connectivity index (χ0n) is 10.2. The fraction of sp³-hybridized carbons (Fsp3) is 0.143. The highest BCUT2D eigenvalue weighted by Gasteiger charge is 2.04. The standard InChI is InChI=1S/C14H14BrClN2/c1-8-3-10(15)6-11(4-8)18-14-7-12(16)13(17)5-9(14)2/h3-7,18H,17H2,1-2H3. The fourth-order valence-electron chi connectivity index (χ4n) is 1.80. The maximum absolute atomic E-state index is 6.04. The van der Waals surface area contributed by atoms with Crippen molar-refractivity contribution in [2.45, 2.75) is 13.8 Å². The van der Waals surface area contributed by atoms with Gasteiger partial charge in [0.2, 0.25) is 0 Å². The maximum Gasteiger partial charge on any atom is 0.0656 e. The van der Waals surface area contributed by atoms with Crippen molar-refractivity contribution < 1.29 is 0 Å². The number of nitrogens with two attached hydrogens (primary N) is 1. The van der Waals surface area contributed by atoms with Gasteiger partial charge in [0.15, 0.2) is 0 Å². The predicted molar refractivity (Wildman–Crippen MR) is 82.8 cm³/mol. The number of hydrogen-bond acceptors (Lipinski definition) is 2. The molecule has 0 aliphatic heterocycles. The second-order valence-corrected chi connectivity index (χ2v) is 5.65. The molecule has 0 aromatic heterocycles. The lowest BCUT2D eigenvalue weighted by Gasteiger charge is -2.12. The van der Waals surface area contributed by atoms with Crippen molar-refractivity contribution in [3.63, 3.8) is 0 Å². The predicted octanol–water partition coefficient (Wildman–Crippen LogP) is 5.05. The smallest absolute Gasteiger partial charge is 0.0656 e. The van der Waals surface area contributed by atoms with E-state index in [0.29, 0.717) is 10.7 Å². The van der Waals surface area contributed by atoms with Crippen LogP contribution in [0.4, 0.5) is 17.1 Å². The fourth-order valence-corrected chi connectivity index (χ4v) is 2.57. The van der Waals surface area contributed by atoms with Gasteiger partial charge in [-0.1, -0.05) is 27.5 Å². The number of halogens is 2. The van der Waals surface area contributed by atoms with Crippen LogP contribution in [0, 0.1) is 13.8 Å². The number of anilines is 3. The quantitative estimate of drug-likeness (QED) is 0.759. The molecule has 3 N–H and O–H groups in total. The maximum atomic E-state index is 6.04. The molecular weight excluding hydrogens is 312 g/mol. The third-order valence-corrected chi connectivity index (χ3v) is 3.45. The summed E-state index contributed by atoms with van der Waals surface area (Å²) in [6.07, 6.45) is 0. The molecule has 2 rings (SSSR count). The van der Waals surface area contributed by atoms with Crippen LogP contribution >= 0.6 is 27.5 Å². The Bertz CT molecular complexity index is 576. The van der Waals surface area contributed by atoms with E-state index < -0.39 is 0 Å². The molecule has 0 unspecified atom stereocenters. The molecule has 0 saturated heterocycles. The summed E-state index contributed by atoms with van der Waals surface area (Å²) in [4.78, 5) is 0. The van der Waals surface area contributed by atoms with Gasteiger partial charge in [0.1, 0.15) is 0 Å². The van der Waals surface area contributed by atoms with Crippen molar-refractivity contribution in [2.75, 3.05) is 11.1 Å². The molecule has 0 heterocycles. The summed E-state index contributed by atoms with van der Waals surface area (Å²) < 4.78 is 1.05. The Morgan fingerprint density at radius 1 is 1.11 bits per heavy atom. The summed E-state index contributed by atoms with van der Waals surface area (Å²) in [7, 11) is 0. The van der Waals surface area contributed by atoms with Crippen LogP contribution in [0.1, 0.15) is 11.1 Å². The number of nitrogen functional groups attached to an aromatic ring is 1. The van der Waals surface area contributed by atoms with Gasteiger partial charge in [-0.25, -0.2) is 0 Å². The first-order chi connectivity index (χ1) is 8.45. The summed E-state index contributed by atoms with van der Waals surface area (Å²) >= 11 is 9.53. The highest BCUT2D eigenvalue weighted by molar-refractivity contribution is 9.10. The summed E-state index contributed by atoms with van der Waals surface area (Å²) in [6.45, 7) is 4.05. The van der Waals surface area contributed by atoms with E-state index >= 15 is 0 Å². The molecule has 4 heteroatoms. The first-order valence-corrected chi connectivity index (χ1v) is 6.72. The lowest BCUT2D eigenvalue weighted by atomic mass is 10.1. The first-order valence-electron chi connectivity index (χ1n) is 5.55. The van der Waals surface area contributed by atoms with Gasteiger partial charge in [0.25, 0.3) is 0 Å². The number of aryl methyl sites for hydroxylation is 2. The normalized spacial score (nSPS) is 10.4. The van der Waals surface area contributed by atoms with Crippen LogP contribution in [-0.4, -0.2) is 0 Å². The van der Waals surface area contributed by atoms with E-state index in [4.69, 9.17) is 17.3 Å². The van der Waals surface area contributed by atoms with Crippen LogP contribution in [0.3, 0.4) is 0 Å². The van der Waals surface area contributed by atoms with Gasteiger partial charge in [-0.05, 0) is 55.3 Å². The zero-order valence-corrected chi connectivity index (χ0v) is 12.6. The summed E-state index contributed by atoms with van der Waals surface area (Å²) in [6, 6.07) is 9.89. The molecule has 0 saturated carbocycles. The van der Waals surface area contributed by atoms with E-state index in [1.54, 1.807) is 0 Å². The molecule has 0 radical (unpaired) electrons. The molecule has 0 aliphatic carbocycles. The number of nitrogens with one attached hydrogen (secondary N) is 1. The summed E-state index contributed by atoms with van der Waals surface area (Å²) in [5.41, 5.74) is 10.6. The number of rotatable bonds is 2. The highest BCUT2D eigenvalue weighted by atomic mass is 79.9. The molecule has 2 nitrogen and oxygen atoms in total. The molecule has 2 aromatic carbocycles. The van der Waals surface area contributed by atoms with Crippen LogP contribution in [0.15, 0.2) is 34.8 Å². The van der Waals surface area contributed by atoms with E-state index in [-0.39, 0.29) is 0 Å². The topological polar surface area (TPSA) is 38.0 Å². The first kappa shape index (κ1) is 13.2. The highest BCUT2D eigenvalue weighted by Crippen LogP contribution is 2.30. The molecule has 18 heavy (non-hydrogen) atoms. The molecule has 0 spiro atoms. The van der Waals surface area contributed by atoms with E-state index in [9.17, 15) is 0 Å². The molecule has 0 amide bonds. The lowest BCUT2D eigenvalue weighted by molar-refractivity contribution is 1.40. The van der Waals surface area contributed by atoms with Crippen molar-refractivity contribution in [1.29, 1.82) is 0 Å². The zero-order chi connectivity index (χ0) is 13.3. The van der Waals surface area contributed by atoms with Crippen molar-refractivity contribution in [3.05, 3.63) is 51.0 Å². The van der Waals surface area contributed by atoms with Gasteiger partial charge in [0, 0.05) is 15.8 Å². The molecule has 2 aromatic rings. The Hall–Kier alpha value is -1.19. The summed E-state index contributed by atoms with van der Waals surface area (Å²) in [5.74, 6) is 0. The van der Waals surface area contributed by atoms with Crippen LogP contribution in [0.2, 0.25) is 5.02 Å². The van der Waals surface area contributed by atoms with Gasteiger partial charge < -0.3 is 11.1 Å². The molecule has 0 fully saturated rings. The largest absolute Gasteiger partial charge is 0.398 e. The third-order valence-electron chi connectivity index (χ3n) is 2.66. The average molecular weight is 326 g/mol. The minimum Gasteiger partial charge on any atom is -0.398 e. The summed E-state index contributed by atoms with van der Waals surface area (Å²) in [5, 5.41) is 3.92. The van der Waals surface area contributed by atoms with E-state index in [0.717, 1.165) is 21.4 Å². The van der Waals surface area contributed by atoms with Crippen molar-refractivity contribution in [1.82, 2.24) is 0 Å². The van der Waals surface area contributed by atoms with Gasteiger partial charge >= 0.3 is 0 Å². The Morgan fingerprint density at radius 2 is 1.83 bits per heavy atom. The second-order valence-electron chi connectivity index (χ2n) is 4.33. The van der Waals surface area contributed by atoms with Gasteiger partial charge in [-0.15, -0.1) is 0 Å². The minimum absolute atomic E-state index is 0.565. The molecule has 0 atom stereocenters. The monoisotopic (exact) mass is 324 g/mol. The lowest BCUT2D eigenvalue weighted by Crippen LogP contribution is -1.96. The minimum atomic E-state index is 0.565. The Kier molecular flexibility index (Phi) is 3.83. The van der Waals surface area contributed by atoms with Crippen LogP contribution in [0.5, 0.6) is 0 Å². The van der Waals surface area contributed by atoms with E-state index in [1.165, 1.54) is 5.56 Å². The van der Waals surface area contributed by atoms with E-state index in [1.807, 2.05) is 25.1 Å². The molecule has 0 aliphatic rings. The molecular formula is C14H14BrClN2. The van der Waals surface area contributed by atoms with Crippen molar-refractivity contribution >= 4 is 44.6 Å². The van der Waals surface area contributed by atoms with Crippen LogP contribution in [0.25, 0.3) is 0 Å². The second kappa shape index (κ2) is 5.21. The Morgan fingerprint density at radius 3 is 2.50 bits per heavy atom. The molecule has 94 valence electrons. The van der Waals surface area contributed by atoms with Gasteiger partial charge in [-0.2, -0.15) is 0 Å². The average Bonchev–Trinajstić information content (AvgIpc) is 2.24. The SMILES string of the molecule is Cc1cc(Br)cc(Nc2cc(Cl)c(N)cc2C)c1. The Balaban J connectivity index is 2.36. The van der Waals surface area contributed by atoms with Crippen molar-refractivity contribution in [2.24, 2.45) is 0 Å². The van der Waals surface area contributed by atoms with Crippen LogP contribution < -0.4 is 11.1 Å². The van der Waals surface area contributed by atoms with E-state index in [2.05, 4.69) is 40.3 Å². The van der Waals surface area contributed by atoms with Gasteiger partial charge in [0.05, 0.1) is 10.7 Å². The van der Waals surface area contributed by atoms with Crippen molar-refractivity contribution in [3.8, 4) is 0 Å². The van der Waals surface area contributed by atoms with Gasteiger partial charge in [-0.3, -0.25) is 0 Å². The number of hydrogen-bond donors (Lipinski definition) is 2. The molecule has 0 bridgehead atoms. The Labute approximate surface area is 120 Å². The third kappa shape index (κ3) is 2.98.